The van der Waals surface area contributed by atoms with Crippen LogP contribution in [0.3, 0.4) is 0 Å². The van der Waals surface area contributed by atoms with Crippen molar-refractivity contribution in [3.05, 3.63) is 28.3 Å². The van der Waals surface area contributed by atoms with E-state index in [1.54, 1.807) is 13.8 Å². The largest absolute Gasteiger partial charge is 0.397 e. The number of nitro groups is 1. The highest BCUT2D eigenvalue weighted by molar-refractivity contribution is 7.89. The molecule has 0 aliphatic carbocycles. The van der Waals surface area contributed by atoms with Gasteiger partial charge in [-0.05, 0) is 19.9 Å². The molecule has 8 nitrogen and oxygen atoms in total. The summed E-state index contributed by atoms with van der Waals surface area (Å²) < 4.78 is 31.6. The van der Waals surface area contributed by atoms with E-state index in [1.165, 1.54) is 7.11 Å². The third-order valence-electron chi connectivity index (χ3n) is 2.73. The Labute approximate surface area is 117 Å². The molecule has 0 bridgehead atoms. The fraction of sp³-hybridized carbons (Fsp3) is 0.455. The second-order valence-corrected chi connectivity index (χ2v) is 6.50. The van der Waals surface area contributed by atoms with Crippen LogP contribution in [0.4, 0.5) is 11.4 Å². The van der Waals surface area contributed by atoms with Gasteiger partial charge in [-0.25, -0.2) is 13.1 Å². The molecule has 0 aliphatic rings. The Balaban J connectivity index is 3.02. The molecule has 9 heteroatoms. The van der Waals surface area contributed by atoms with E-state index in [4.69, 9.17) is 10.5 Å². The standard InChI is InChI=1S/C11H17N3O5S/c1-11(2,19-3)7-13-20(17,18)10-5-4-8(14(15)16)6-9(10)12/h4-6,13H,7,12H2,1-3H3. The lowest BCUT2D eigenvalue weighted by molar-refractivity contribution is -0.384. The van der Waals surface area contributed by atoms with E-state index < -0.39 is 20.5 Å². The van der Waals surface area contributed by atoms with Crippen LogP contribution in [0, 0.1) is 10.1 Å². The molecule has 112 valence electrons. The molecule has 0 saturated carbocycles. The summed E-state index contributed by atoms with van der Waals surface area (Å²) in [5.74, 6) is 0. The van der Waals surface area contributed by atoms with Crippen LogP contribution < -0.4 is 10.5 Å². The van der Waals surface area contributed by atoms with E-state index in [0.717, 1.165) is 18.2 Å². The average molecular weight is 303 g/mol. The number of non-ortho nitro benzene ring substituents is 1. The Kier molecular flexibility index (Phi) is 4.69. The van der Waals surface area contributed by atoms with E-state index in [-0.39, 0.29) is 22.8 Å². The van der Waals surface area contributed by atoms with Gasteiger partial charge in [0.15, 0.2) is 0 Å². The monoisotopic (exact) mass is 303 g/mol. The van der Waals surface area contributed by atoms with Crippen molar-refractivity contribution in [2.75, 3.05) is 19.4 Å². The Bertz CT molecular complexity index is 612. The molecule has 0 unspecified atom stereocenters. The lowest BCUT2D eigenvalue weighted by Crippen LogP contribution is -2.39. The second-order valence-electron chi connectivity index (χ2n) is 4.77. The molecular weight excluding hydrogens is 286 g/mol. The normalized spacial score (nSPS) is 12.3. The van der Waals surface area contributed by atoms with Gasteiger partial charge in [-0.15, -0.1) is 0 Å². The number of nitrogens with two attached hydrogens (primary N) is 1. The first-order valence-electron chi connectivity index (χ1n) is 5.68. The molecule has 0 aromatic heterocycles. The summed E-state index contributed by atoms with van der Waals surface area (Å²) in [7, 11) is -2.39. The molecule has 0 atom stereocenters. The molecule has 3 N–H and O–H groups in total. The van der Waals surface area contributed by atoms with E-state index >= 15 is 0 Å². The number of hydrogen-bond acceptors (Lipinski definition) is 6. The molecule has 0 saturated heterocycles. The van der Waals surface area contributed by atoms with E-state index in [1.807, 2.05) is 0 Å². The number of methoxy groups -OCH3 is 1. The maximum Gasteiger partial charge on any atom is 0.271 e. The van der Waals surface area contributed by atoms with E-state index in [9.17, 15) is 18.5 Å². The van der Waals surface area contributed by atoms with E-state index in [0.29, 0.717) is 0 Å². The Morgan fingerprint density at radius 3 is 2.50 bits per heavy atom. The summed E-state index contributed by atoms with van der Waals surface area (Å²) in [5.41, 5.74) is 4.44. The van der Waals surface area contributed by atoms with Gasteiger partial charge in [0, 0.05) is 25.8 Å². The second kappa shape index (κ2) is 5.73. The van der Waals surface area contributed by atoms with Gasteiger partial charge in [0.2, 0.25) is 10.0 Å². The van der Waals surface area contributed by atoms with Crippen LogP contribution in [0.1, 0.15) is 13.8 Å². The highest BCUT2D eigenvalue weighted by Crippen LogP contribution is 2.23. The van der Waals surface area contributed by atoms with Crippen molar-refractivity contribution in [2.45, 2.75) is 24.3 Å². The van der Waals surface area contributed by atoms with E-state index in [2.05, 4.69) is 4.72 Å². The van der Waals surface area contributed by atoms with Crippen molar-refractivity contribution in [3.8, 4) is 0 Å². The molecule has 0 fully saturated rings. The van der Waals surface area contributed by atoms with Crippen LogP contribution >= 0.6 is 0 Å². The van der Waals surface area contributed by atoms with Crippen molar-refractivity contribution in [1.29, 1.82) is 0 Å². The molecule has 1 aromatic carbocycles. The Hall–Kier alpha value is -1.71. The molecule has 1 aromatic rings. The van der Waals surface area contributed by atoms with Crippen molar-refractivity contribution < 1.29 is 18.1 Å². The first kappa shape index (κ1) is 16.3. The molecule has 0 spiro atoms. The number of rotatable bonds is 6. The maximum absolute atomic E-state index is 12.1. The van der Waals surface area contributed by atoms with Gasteiger partial charge in [0.25, 0.3) is 5.69 Å². The summed E-state index contributed by atoms with van der Waals surface area (Å²) in [6.07, 6.45) is 0. The molecule has 0 aliphatic heterocycles. The number of nitrogen functional groups attached to an aromatic ring is 1. The number of nitro benzene ring substituents is 1. The van der Waals surface area contributed by atoms with Crippen LogP contribution in [-0.4, -0.2) is 32.6 Å². The minimum atomic E-state index is -3.85. The Morgan fingerprint density at radius 2 is 2.05 bits per heavy atom. The highest BCUT2D eigenvalue weighted by Gasteiger charge is 2.24. The van der Waals surface area contributed by atoms with Crippen molar-refractivity contribution in [1.82, 2.24) is 4.72 Å². The lowest BCUT2D eigenvalue weighted by Gasteiger charge is -2.23. The van der Waals surface area contributed by atoms with Crippen LogP contribution in [0.15, 0.2) is 23.1 Å². The summed E-state index contributed by atoms with van der Waals surface area (Å²) in [4.78, 5) is 9.73. The Morgan fingerprint density at radius 1 is 1.45 bits per heavy atom. The minimum Gasteiger partial charge on any atom is -0.397 e. The number of ether oxygens (including phenoxy) is 1. The topological polar surface area (TPSA) is 125 Å². The molecule has 0 heterocycles. The molecule has 20 heavy (non-hydrogen) atoms. The van der Waals surface area contributed by atoms with Gasteiger partial charge in [-0.1, -0.05) is 0 Å². The lowest BCUT2D eigenvalue weighted by atomic mass is 10.1. The summed E-state index contributed by atoms with van der Waals surface area (Å²) >= 11 is 0. The number of benzene rings is 1. The van der Waals surface area contributed by atoms with Gasteiger partial charge in [-0.3, -0.25) is 10.1 Å². The van der Waals surface area contributed by atoms with Gasteiger partial charge < -0.3 is 10.5 Å². The molecule has 1 rings (SSSR count). The summed E-state index contributed by atoms with van der Waals surface area (Å²) in [6.45, 7) is 3.48. The van der Waals surface area contributed by atoms with Crippen LogP contribution in [0.5, 0.6) is 0 Å². The van der Waals surface area contributed by atoms with Gasteiger partial charge in [0.1, 0.15) is 4.90 Å². The van der Waals surface area contributed by atoms with Gasteiger partial charge >= 0.3 is 0 Å². The van der Waals surface area contributed by atoms with Crippen molar-refractivity contribution in [3.63, 3.8) is 0 Å². The van der Waals surface area contributed by atoms with Gasteiger partial charge in [-0.2, -0.15) is 0 Å². The summed E-state index contributed by atoms with van der Waals surface area (Å²) in [5, 5.41) is 10.6. The number of sulfonamides is 1. The summed E-state index contributed by atoms with van der Waals surface area (Å²) in [6, 6.07) is 3.21. The van der Waals surface area contributed by atoms with Crippen molar-refractivity contribution >= 4 is 21.4 Å². The molecule has 0 radical (unpaired) electrons. The van der Waals surface area contributed by atoms with Crippen molar-refractivity contribution in [2.24, 2.45) is 0 Å². The maximum atomic E-state index is 12.1. The fourth-order valence-electron chi connectivity index (χ4n) is 1.31. The minimum absolute atomic E-state index is 0.0439. The SMILES string of the molecule is COC(C)(C)CNS(=O)(=O)c1ccc([N+](=O)[O-])cc1N. The third-order valence-corrected chi connectivity index (χ3v) is 4.21. The van der Waals surface area contributed by atoms with Gasteiger partial charge in [0.05, 0.1) is 16.2 Å². The number of hydrogen-bond donors (Lipinski definition) is 2. The first-order chi connectivity index (χ1) is 9.09. The molecule has 0 amide bonds. The predicted octanol–water partition coefficient (Wildman–Crippen LogP) is 0.880. The smallest absolute Gasteiger partial charge is 0.271 e. The number of anilines is 1. The zero-order chi connectivity index (χ0) is 15.6. The first-order valence-corrected chi connectivity index (χ1v) is 7.16. The molecular formula is C11H17N3O5S. The van der Waals surface area contributed by atoms with Crippen LogP contribution in [0.2, 0.25) is 0 Å². The quantitative estimate of drug-likeness (QED) is 0.456. The highest BCUT2D eigenvalue weighted by atomic mass is 32.2. The van der Waals surface area contributed by atoms with Crippen LogP contribution in [0.25, 0.3) is 0 Å². The fourth-order valence-corrected chi connectivity index (χ4v) is 2.62. The zero-order valence-corrected chi connectivity index (χ0v) is 12.2. The van der Waals surface area contributed by atoms with Crippen LogP contribution in [-0.2, 0) is 14.8 Å². The third kappa shape index (κ3) is 3.89. The average Bonchev–Trinajstić information content (AvgIpc) is 2.36. The number of nitrogens with one attached hydrogen (secondary N) is 1. The number of nitrogens with zero attached hydrogens (tertiary/aromatic N) is 1. The zero-order valence-electron chi connectivity index (χ0n) is 11.4. The predicted molar refractivity (Wildman–Crippen MR) is 73.8 cm³/mol.